The van der Waals surface area contributed by atoms with Crippen LogP contribution >= 0.6 is 0 Å². The molecule has 25 heavy (non-hydrogen) atoms. The first-order valence-electron chi connectivity index (χ1n) is 8.00. The molecule has 0 aliphatic rings. The number of nitrogens with one attached hydrogen (secondary N) is 1. The fourth-order valence-electron chi connectivity index (χ4n) is 2.42. The van der Waals surface area contributed by atoms with Crippen molar-refractivity contribution in [1.82, 2.24) is 15.5 Å². The molecule has 0 spiro atoms. The van der Waals surface area contributed by atoms with Gasteiger partial charge in [-0.15, -0.1) is 10.2 Å². The minimum Gasteiger partial charge on any atom is -0.469 e. The molecular weight excluding hydrogens is 325 g/mol. The summed E-state index contributed by atoms with van der Waals surface area (Å²) in [6, 6.07) is 8.09. The van der Waals surface area contributed by atoms with Crippen molar-refractivity contribution in [3.8, 4) is 11.5 Å². The molecule has 6 nitrogen and oxygen atoms in total. The number of amides is 1. The van der Waals surface area contributed by atoms with E-state index in [2.05, 4.69) is 15.5 Å². The van der Waals surface area contributed by atoms with Gasteiger partial charge in [0.25, 0.3) is 5.89 Å². The first-order chi connectivity index (χ1) is 12.1. The number of hydrogen-bond acceptors (Lipinski definition) is 5. The van der Waals surface area contributed by atoms with Gasteiger partial charge in [0.15, 0.2) is 0 Å². The van der Waals surface area contributed by atoms with Crippen molar-refractivity contribution in [3.63, 3.8) is 0 Å². The number of furan rings is 1. The van der Waals surface area contributed by atoms with Crippen molar-refractivity contribution >= 4 is 5.91 Å². The molecule has 0 atom stereocenters. The third-order valence-electron chi connectivity index (χ3n) is 3.75. The van der Waals surface area contributed by atoms with Crippen molar-refractivity contribution in [3.05, 3.63) is 59.6 Å². The minimum atomic E-state index is -0.274. The summed E-state index contributed by atoms with van der Waals surface area (Å²) in [4.78, 5) is 11.9. The van der Waals surface area contributed by atoms with Gasteiger partial charge < -0.3 is 14.2 Å². The Morgan fingerprint density at radius 1 is 1.24 bits per heavy atom. The number of aromatic nitrogens is 2. The Kier molecular flexibility index (Phi) is 5.23. The number of aryl methyl sites for hydroxylation is 2. The number of nitrogens with zero attached hydrogens (tertiary/aromatic N) is 2. The van der Waals surface area contributed by atoms with Gasteiger partial charge in [-0.25, -0.2) is 4.39 Å². The molecule has 0 bridgehead atoms. The minimum absolute atomic E-state index is 0.115. The Labute approximate surface area is 144 Å². The second-order valence-electron chi connectivity index (χ2n) is 5.62. The standard InChI is InChI=1S/C18H18FN3O3/c1-12-15(8-10-24-12)18-22-21-17(25-18)6-5-16(23)20-9-7-13-3-2-4-14(19)11-13/h2-4,8,10-11H,5-7,9H2,1H3,(H,20,23). The quantitative estimate of drug-likeness (QED) is 0.713. The predicted molar refractivity (Wildman–Crippen MR) is 88.2 cm³/mol. The van der Waals surface area contributed by atoms with Gasteiger partial charge in [0.2, 0.25) is 11.8 Å². The number of rotatable bonds is 7. The van der Waals surface area contributed by atoms with E-state index in [9.17, 15) is 9.18 Å². The number of carbonyl (C=O) groups excluding carboxylic acids is 1. The molecule has 0 aliphatic heterocycles. The van der Waals surface area contributed by atoms with Gasteiger partial charge in [0.05, 0.1) is 11.8 Å². The van der Waals surface area contributed by atoms with Gasteiger partial charge in [-0.05, 0) is 37.1 Å². The maximum atomic E-state index is 13.1. The SMILES string of the molecule is Cc1occc1-c1nnc(CCC(=O)NCCc2cccc(F)c2)o1. The smallest absolute Gasteiger partial charge is 0.251 e. The third kappa shape index (κ3) is 4.53. The lowest BCUT2D eigenvalue weighted by Crippen LogP contribution is -2.25. The summed E-state index contributed by atoms with van der Waals surface area (Å²) in [6.07, 6.45) is 2.74. The Morgan fingerprint density at radius 3 is 2.88 bits per heavy atom. The highest BCUT2D eigenvalue weighted by molar-refractivity contribution is 5.76. The highest BCUT2D eigenvalue weighted by atomic mass is 19.1. The fourth-order valence-corrected chi connectivity index (χ4v) is 2.42. The fraction of sp³-hybridized carbons (Fsp3) is 0.278. The summed E-state index contributed by atoms with van der Waals surface area (Å²) in [5.74, 6) is 1.09. The van der Waals surface area contributed by atoms with Gasteiger partial charge in [-0.1, -0.05) is 12.1 Å². The lowest BCUT2D eigenvalue weighted by atomic mass is 10.1. The van der Waals surface area contributed by atoms with Crippen molar-refractivity contribution in [2.24, 2.45) is 0 Å². The van der Waals surface area contributed by atoms with Gasteiger partial charge in [-0.2, -0.15) is 0 Å². The predicted octanol–water partition coefficient (Wildman–Crippen LogP) is 3.07. The Hall–Kier alpha value is -2.96. The van der Waals surface area contributed by atoms with Crippen molar-refractivity contribution in [2.75, 3.05) is 6.54 Å². The van der Waals surface area contributed by atoms with Crippen LogP contribution in [-0.2, 0) is 17.6 Å². The third-order valence-corrected chi connectivity index (χ3v) is 3.75. The zero-order valence-electron chi connectivity index (χ0n) is 13.8. The van der Waals surface area contributed by atoms with Crippen LogP contribution < -0.4 is 5.32 Å². The highest BCUT2D eigenvalue weighted by Gasteiger charge is 2.13. The zero-order valence-corrected chi connectivity index (χ0v) is 13.8. The van der Waals surface area contributed by atoms with Crippen molar-refractivity contribution in [2.45, 2.75) is 26.2 Å². The van der Waals surface area contributed by atoms with Crippen LogP contribution in [0.15, 0.2) is 45.4 Å². The summed E-state index contributed by atoms with van der Waals surface area (Å²) < 4.78 is 23.8. The molecule has 0 unspecified atom stereocenters. The largest absolute Gasteiger partial charge is 0.469 e. The number of benzene rings is 1. The molecule has 1 aromatic carbocycles. The summed E-state index contributed by atoms with van der Waals surface area (Å²) in [6.45, 7) is 2.26. The number of halogens is 1. The molecule has 0 radical (unpaired) electrons. The lowest BCUT2D eigenvalue weighted by Gasteiger charge is -2.04. The molecular formula is C18H18FN3O3. The molecule has 1 N–H and O–H groups in total. The summed E-state index contributed by atoms with van der Waals surface area (Å²) in [5, 5.41) is 10.7. The zero-order chi connectivity index (χ0) is 17.6. The Morgan fingerprint density at radius 2 is 2.12 bits per heavy atom. The molecule has 1 amide bonds. The van der Waals surface area contributed by atoms with E-state index in [1.807, 2.05) is 13.0 Å². The lowest BCUT2D eigenvalue weighted by molar-refractivity contribution is -0.121. The first-order valence-corrected chi connectivity index (χ1v) is 8.00. The molecule has 2 heterocycles. The van der Waals surface area contributed by atoms with Crippen molar-refractivity contribution < 1.29 is 18.0 Å². The average Bonchev–Trinajstić information content (AvgIpc) is 3.21. The van der Waals surface area contributed by atoms with Crippen LogP contribution in [0, 0.1) is 12.7 Å². The maximum absolute atomic E-state index is 13.1. The molecule has 0 fully saturated rings. The van der Waals surface area contributed by atoms with Crippen LogP contribution in [0.1, 0.15) is 23.6 Å². The summed E-state index contributed by atoms with van der Waals surface area (Å²) in [5.41, 5.74) is 1.59. The second kappa shape index (κ2) is 7.74. The monoisotopic (exact) mass is 343 g/mol. The van der Waals surface area contributed by atoms with E-state index in [1.54, 1.807) is 18.4 Å². The van der Waals surface area contributed by atoms with Crippen LogP contribution in [0.3, 0.4) is 0 Å². The highest BCUT2D eigenvalue weighted by Crippen LogP contribution is 2.22. The first kappa shape index (κ1) is 16.9. The van der Waals surface area contributed by atoms with Gasteiger partial charge in [0.1, 0.15) is 11.6 Å². The molecule has 130 valence electrons. The summed E-state index contributed by atoms with van der Waals surface area (Å²) in [7, 11) is 0. The second-order valence-corrected chi connectivity index (χ2v) is 5.62. The summed E-state index contributed by atoms with van der Waals surface area (Å²) >= 11 is 0. The molecule has 3 aromatic rings. The van der Waals surface area contributed by atoms with Crippen molar-refractivity contribution in [1.29, 1.82) is 0 Å². The topological polar surface area (TPSA) is 81.2 Å². The van der Waals surface area contributed by atoms with Gasteiger partial charge in [0, 0.05) is 19.4 Å². The molecule has 7 heteroatoms. The molecule has 0 saturated carbocycles. The Bertz CT molecular complexity index is 857. The van der Waals surface area contributed by atoms with Gasteiger partial charge in [-0.3, -0.25) is 4.79 Å². The molecule has 2 aromatic heterocycles. The van der Waals surface area contributed by atoms with Crippen LogP contribution in [0.2, 0.25) is 0 Å². The Balaban J connectivity index is 1.43. The van der Waals surface area contributed by atoms with Crippen LogP contribution in [-0.4, -0.2) is 22.6 Å². The van der Waals surface area contributed by atoms with E-state index in [1.165, 1.54) is 12.1 Å². The van der Waals surface area contributed by atoms with Crippen LogP contribution in [0.4, 0.5) is 4.39 Å². The molecule has 0 saturated heterocycles. The van der Waals surface area contributed by atoms with E-state index in [0.717, 1.165) is 11.1 Å². The molecule has 0 aliphatic carbocycles. The number of hydrogen-bond donors (Lipinski definition) is 1. The van der Waals surface area contributed by atoms with E-state index >= 15 is 0 Å². The average molecular weight is 343 g/mol. The van der Waals surface area contributed by atoms with E-state index in [4.69, 9.17) is 8.83 Å². The molecule has 3 rings (SSSR count). The van der Waals surface area contributed by atoms with Crippen LogP contribution in [0.25, 0.3) is 11.5 Å². The van der Waals surface area contributed by atoms with Crippen LogP contribution in [0.5, 0.6) is 0 Å². The van der Waals surface area contributed by atoms with Gasteiger partial charge >= 0.3 is 0 Å². The van der Waals surface area contributed by atoms with E-state index in [-0.39, 0.29) is 18.1 Å². The maximum Gasteiger partial charge on any atom is 0.251 e. The van der Waals surface area contributed by atoms with E-state index < -0.39 is 0 Å². The number of carbonyl (C=O) groups is 1. The normalized spacial score (nSPS) is 10.8. The van der Waals surface area contributed by atoms with E-state index in [0.29, 0.717) is 36.9 Å².